The molecular weight excluding hydrogens is 342 g/mol. The van der Waals surface area contributed by atoms with E-state index in [0.29, 0.717) is 5.75 Å². The number of hydrogen-bond donors (Lipinski definition) is 0. The number of hydrogen-bond acceptors (Lipinski definition) is 5. The molecule has 0 saturated carbocycles. The van der Waals surface area contributed by atoms with Crippen molar-refractivity contribution in [2.24, 2.45) is 4.99 Å². The number of aliphatic imine (C=N–C) groups is 1. The average molecular weight is 359 g/mol. The van der Waals surface area contributed by atoms with Gasteiger partial charge in [-0.05, 0) is 36.6 Å². The Hall–Kier alpha value is -2.18. The first-order chi connectivity index (χ1) is 11.8. The lowest BCUT2D eigenvalue weighted by Crippen LogP contribution is -2.09. The average Bonchev–Trinajstić information content (AvgIpc) is 2.60. The Morgan fingerprint density at radius 2 is 1.75 bits per heavy atom. The summed E-state index contributed by atoms with van der Waals surface area (Å²) in [6.07, 6.45) is 0.971. The molecule has 0 unspecified atom stereocenters. The Morgan fingerprint density at radius 3 is 2.42 bits per heavy atom. The van der Waals surface area contributed by atoms with E-state index >= 15 is 0 Å². The van der Waals surface area contributed by atoms with Gasteiger partial charge in [-0.3, -0.25) is 0 Å². The van der Waals surface area contributed by atoms with Gasteiger partial charge in [0.1, 0.15) is 5.75 Å². The fraction of sp³-hybridized carbons (Fsp3) is 0.111. The topological polar surface area (TPSA) is 47.9 Å². The molecule has 0 fully saturated rings. The van der Waals surface area contributed by atoms with Crippen molar-refractivity contribution in [2.75, 3.05) is 6.61 Å². The maximum absolute atomic E-state index is 11.6. The molecule has 2 rings (SSSR count). The van der Waals surface area contributed by atoms with Gasteiger partial charge in [0, 0.05) is 11.0 Å². The number of ether oxygens (including phenoxy) is 2. The van der Waals surface area contributed by atoms with Crippen LogP contribution in [0.25, 0.3) is 0 Å². The van der Waals surface area contributed by atoms with Crippen molar-refractivity contribution < 1.29 is 14.3 Å². The van der Waals surface area contributed by atoms with Crippen LogP contribution < -0.4 is 4.74 Å². The lowest BCUT2D eigenvalue weighted by Gasteiger charge is -2.05. The third kappa shape index (κ3) is 6.93. The highest BCUT2D eigenvalue weighted by Gasteiger charge is 2.04. The van der Waals surface area contributed by atoms with E-state index in [-0.39, 0.29) is 12.5 Å². The first-order valence-corrected chi connectivity index (χ1v) is 9.52. The van der Waals surface area contributed by atoms with Crippen LogP contribution in [0.4, 0.5) is 4.79 Å². The van der Waals surface area contributed by atoms with E-state index in [2.05, 4.69) is 4.99 Å². The normalized spacial score (nSPS) is 11.5. The zero-order valence-corrected chi connectivity index (χ0v) is 14.8. The van der Waals surface area contributed by atoms with Crippen molar-refractivity contribution in [3.05, 3.63) is 72.1 Å². The maximum Gasteiger partial charge on any atom is 0.436 e. The quantitative estimate of drug-likeness (QED) is 0.383. The molecule has 2 aromatic rings. The van der Waals surface area contributed by atoms with Crippen LogP contribution in [0.5, 0.6) is 5.75 Å². The van der Waals surface area contributed by atoms with Crippen LogP contribution in [-0.2, 0) is 4.74 Å². The van der Waals surface area contributed by atoms with Crippen molar-refractivity contribution in [3.8, 4) is 5.75 Å². The van der Waals surface area contributed by atoms with Crippen LogP contribution in [0.15, 0.2) is 82.0 Å². The molecule has 0 N–H and O–H groups in total. The molecule has 0 spiro atoms. The fourth-order valence-electron chi connectivity index (χ4n) is 1.59. The van der Waals surface area contributed by atoms with Crippen LogP contribution >= 0.6 is 21.6 Å². The highest BCUT2D eigenvalue weighted by atomic mass is 33.1. The van der Waals surface area contributed by atoms with Crippen molar-refractivity contribution in [2.45, 2.75) is 11.8 Å². The van der Waals surface area contributed by atoms with Gasteiger partial charge in [-0.15, -0.1) is 4.99 Å². The molecule has 0 aliphatic carbocycles. The number of carbonyl (C=O) groups is 1. The molecule has 0 bridgehead atoms. The van der Waals surface area contributed by atoms with E-state index in [1.165, 1.54) is 10.8 Å². The summed E-state index contributed by atoms with van der Waals surface area (Å²) in [7, 11) is 3.11. The minimum absolute atomic E-state index is 0.181. The van der Waals surface area contributed by atoms with E-state index in [9.17, 15) is 4.79 Å². The number of amides is 1. The maximum atomic E-state index is 11.6. The second-order valence-electron chi connectivity index (χ2n) is 4.36. The standard InChI is InChI=1S/C18H17NO3S2/c1-2-21-18(20)19-17(22-15-9-5-3-6-10-15)13-14-23-24-16-11-7-4-8-12-16/h3-14H,2H2,1H3/b14-13+,19-17?. The number of para-hydroxylation sites is 1. The molecule has 0 atom stereocenters. The van der Waals surface area contributed by atoms with Gasteiger partial charge in [0.05, 0.1) is 6.61 Å². The minimum Gasteiger partial charge on any atom is -0.448 e. The predicted molar refractivity (Wildman–Crippen MR) is 101 cm³/mol. The van der Waals surface area contributed by atoms with Gasteiger partial charge in [0.2, 0.25) is 5.90 Å². The van der Waals surface area contributed by atoms with Crippen LogP contribution in [0.1, 0.15) is 6.92 Å². The van der Waals surface area contributed by atoms with Gasteiger partial charge in [-0.25, -0.2) is 4.79 Å². The van der Waals surface area contributed by atoms with Crippen molar-refractivity contribution in [3.63, 3.8) is 0 Å². The lowest BCUT2D eigenvalue weighted by molar-refractivity contribution is 0.163. The molecule has 0 aliphatic rings. The molecule has 0 radical (unpaired) electrons. The van der Waals surface area contributed by atoms with Crippen molar-refractivity contribution >= 4 is 33.6 Å². The molecule has 0 aromatic heterocycles. The molecule has 0 aliphatic heterocycles. The second kappa shape index (κ2) is 10.6. The molecule has 4 nitrogen and oxygen atoms in total. The summed E-state index contributed by atoms with van der Waals surface area (Å²) in [4.78, 5) is 16.5. The van der Waals surface area contributed by atoms with E-state index in [1.807, 2.05) is 53.9 Å². The molecule has 24 heavy (non-hydrogen) atoms. The highest BCUT2D eigenvalue weighted by Crippen LogP contribution is 2.31. The molecule has 1 amide bonds. The van der Waals surface area contributed by atoms with Gasteiger partial charge in [0.25, 0.3) is 0 Å². The molecular formula is C18H17NO3S2. The van der Waals surface area contributed by atoms with Gasteiger partial charge in [0.15, 0.2) is 0 Å². The van der Waals surface area contributed by atoms with Gasteiger partial charge in [-0.1, -0.05) is 58.0 Å². The Kier molecular flexibility index (Phi) is 8.00. The number of nitrogens with zero attached hydrogens (tertiary/aromatic N) is 1. The molecule has 124 valence electrons. The van der Waals surface area contributed by atoms with Gasteiger partial charge < -0.3 is 9.47 Å². The number of benzene rings is 2. The zero-order valence-electron chi connectivity index (χ0n) is 13.1. The lowest BCUT2D eigenvalue weighted by atomic mass is 10.3. The van der Waals surface area contributed by atoms with E-state index in [0.717, 1.165) is 4.90 Å². The Bertz CT molecular complexity index is 688. The number of rotatable bonds is 6. The highest BCUT2D eigenvalue weighted by molar-refractivity contribution is 8.77. The van der Waals surface area contributed by atoms with Gasteiger partial charge >= 0.3 is 6.09 Å². The predicted octanol–water partition coefficient (Wildman–Crippen LogP) is 5.57. The van der Waals surface area contributed by atoms with Gasteiger partial charge in [-0.2, -0.15) is 0 Å². The van der Waals surface area contributed by atoms with E-state index in [1.54, 1.807) is 35.9 Å². The largest absolute Gasteiger partial charge is 0.448 e. The monoisotopic (exact) mass is 359 g/mol. The fourth-order valence-corrected chi connectivity index (χ4v) is 3.20. The van der Waals surface area contributed by atoms with E-state index < -0.39 is 6.09 Å². The van der Waals surface area contributed by atoms with Crippen LogP contribution in [-0.4, -0.2) is 18.6 Å². The first-order valence-electron chi connectivity index (χ1n) is 7.31. The Balaban J connectivity index is 1.99. The molecule has 6 heteroatoms. The summed E-state index contributed by atoms with van der Waals surface area (Å²) < 4.78 is 10.5. The minimum atomic E-state index is -0.672. The van der Waals surface area contributed by atoms with Crippen molar-refractivity contribution in [1.29, 1.82) is 0 Å². The van der Waals surface area contributed by atoms with Crippen LogP contribution in [0, 0.1) is 0 Å². The first kappa shape index (κ1) is 18.2. The zero-order chi connectivity index (χ0) is 17.0. The summed E-state index contributed by atoms with van der Waals surface area (Å²) in [6.45, 7) is 2.00. The third-order valence-corrected chi connectivity index (χ3v) is 4.60. The molecule has 2 aromatic carbocycles. The van der Waals surface area contributed by atoms with Crippen LogP contribution in [0.2, 0.25) is 0 Å². The van der Waals surface area contributed by atoms with Crippen LogP contribution in [0.3, 0.4) is 0 Å². The van der Waals surface area contributed by atoms with E-state index in [4.69, 9.17) is 9.47 Å². The smallest absolute Gasteiger partial charge is 0.436 e. The summed E-state index contributed by atoms with van der Waals surface area (Å²) >= 11 is 0. The van der Waals surface area contributed by atoms with Crippen molar-refractivity contribution in [1.82, 2.24) is 0 Å². The summed E-state index contributed by atoms with van der Waals surface area (Å²) in [5, 5.41) is 1.82. The molecule has 0 saturated heterocycles. The number of carbonyl (C=O) groups excluding carboxylic acids is 1. The Labute approximate surface area is 149 Å². The summed E-state index contributed by atoms with van der Waals surface area (Å²) in [5.41, 5.74) is 0. The summed E-state index contributed by atoms with van der Waals surface area (Å²) in [5.74, 6) is 0.784. The Morgan fingerprint density at radius 1 is 1.08 bits per heavy atom. The molecule has 0 heterocycles. The SMILES string of the molecule is CCOC(=O)N=C(/C=C/SSc1ccccc1)Oc1ccccc1. The third-order valence-electron chi connectivity index (χ3n) is 2.59. The summed E-state index contributed by atoms with van der Waals surface area (Å²) in [6, 6.07) is 19.2. The second-order valence-corrected chi connectivity index (χ2v) is 6.54.